The molecule has 1 unspecified atom stereocenters. The Balaban J connectivity index is 2.03. The topological polar surface area (TPSA) is 35.2 Å². The molecule has 0 bridgehead atoms. The first-order chi connectivity index (χ1) is 8.20. The van der Waals surface area contributed by atoms with Crippen molar-refractivity contribution in [2.75, 3.05) is 12.0 Å². The summed E-state index contributed by atoms with van der Waals surface area (Å²) in [5.41, 5.74) is 7.33. The molecule has 2 nitrogen and oxygen atoms in total. The Labute approximate surface area is 115 Å². The van der Waals surface area contributed by atoms with Crippen molar-refractivity contribution < 1.29 is 4.74 Å². The van der Waals surface area contributed by atoms with Crippen LogP contribution in [-0.4, -0.2) is 18.1 Å². The van der Waals surface area contributed by atoms with Crippen molar-refractivity contribution in [3.8, 4) is 5.75 Å². The van der Waals surface area contributed by atoms with Gasteiger partial charge in [-0.15, -0.1) is 0 Å². The zero-order chi connectivity index (χ0) is 12.3. The predicted octanol–water partition coefficient (Wildman–Crippen LogP) is 3.74. The Morgan fingerprint density at radius 2 is 2.35 bits per heavy atom. The Morgan fingerprint density at radius 1 is 1.53 bits per heavy atom. The maximum atomic E-state index is 6.20. The van der Waals surface area contributed by atoms with Gasteiger partial charge in [0.15, 0.2) is 0 Å². The highest BCUT2D eigenvalue weighted by atomic mass is 79.9. The van der Waals surface area contributed by atoms with Crippen LogP contribution in [0.5, 0.6) is 5.75 Å². The molecule has 0 fully saturated rings. The maximum Gasteiger partial charge on any atom is 0.124 e. The summed E-state index contributed by atoms with van der Waals surface area (Å²) in [6.45, 7) is 0. The van der Waals surface area contributed by atoms with Crippen LogP contribution < -0.4 is 10.5 Å². The summed E-state index contributed by atoms with van der Waals surface area (Å²) in [4.78, 5) is 0. The predicted molar refractivity (Wildman–Crippen MR) is 77.7 cm³/mol. The van der Waals surface area contributed by atoms with Gasteiger partial charge in [-0.3, -0.25) is 0 Å². The van der Waals surface area contributed by atoms with E-state index in [1.165, 1.54) is 12.2 Å². The van der Waals surface area contributed by atoms with E-state index in [0.29, 0.717) is 0 Å². The minimum absolute atomic E-state index is 0.107. The lowest BCUT2D eigenvalue weighted by Gasteiger charge is -2.30. The molecule has 4 heteroatoms. The van der Waals surface area contributed by atoms with E-state index >= 15 is 0 Å². The Kier molecular flexibility index (Phi) is 4.77. The van der Waals surface area contributed by atoms with Crippen molar-refractivity contribution in [2.45, 2.75) is 31.4 Å². The first-order valence-corrected chi connectivity index (χ1v) is 8.10. The van der Waals surface area contributed by atoms with E-state index in [2.05, 4.69) is 28.3 Å². The molecule has 0 radical (unpaired) electrons. The van der Waals surface area contributed by atoms with E-state index in [0.717, 1.165) is 28.6 Å². The van der Waals surface area contributed by atoms with Gasteiger partial charge in [0, 0.05) is 22.5 Å². The molecule has 0 spiro atoms. The molecule has 2 atom stereocenters. The molecule has 0 aromatic heterocycles. The van der Waals surface area contributed by atoms with Crippen LogP contribution in [0.2, 0.25) is 0 Å². The van der Waals surface area contributed by atoms with Gasteiger partial charge in [0.1, 0.15) is 11.9 Å². The van der Waals surface area contributed by atoms with Crippen LogP contribution in [0.15, 0.2) is 22.7 Å². The lowest BCUT2D eigenvalue weighted by Crippen LogP contribution is -2.29. The quantitative estimate of drug-likeness (QED) is 0.860. The van der Waals surface area contributed by atoms with E-state index in [-0.39, 0.29) is 12.1 Å². The number of halogens is 1. The van der Waals surface area contributed by atoms with E-state index in [1.54, 1.807) is 0 Å². The summed E-state index contributed by atoms with van der Waals surface area (Å²) in [5.74, 6) is 2.16. The molecule has 0 saturated carbocycles. The first kappa shape index (κ1) is 13.2. The second-order valence-corrected chi connectivity index (χ2v) is 6.30. The maximum absolute atomic E-state index is 6.20. The van der Waals surface area contributed by atoms with E-state index in [9.17, 15) is 0 Å². The van der Waals surface area contributed by atoms with Crippen LogP contribution in [0, 0.1) is 0 Å². The van der Waals surface area contributed by atoms with Gasteiger partial charge in [0.05, 0.1) is 0 Å². The number of hydrogen-bond acceptors (Lipinski definition) is 3. The van der Waals surface area contributed by atoms with Gasteiger partial charge in [-0.05, 0) is 43.0 Å². The zero-order valence-corrected chi connectivity index (χ0v) is 12.4. The van der Waals surface area contributed by atoms with Crippen LogP contribution in [0.1, 0.15) is 30.9 Å². The largest absolute Gasteiger partial charge is 0.490 e. The molecule has 0 aliphatic carbocycles. The summed E-state index contributed by atoms with van der Waals surface area (Å²) in [6, 6.07) is 6.20. The number of benzene rings is 1. The Bertz CT molecular complexity index is 386. The standard InChI is InChI=1S/C13H18BrNOS/c1-17-6-2-3-10-8-12(15)11-7-9(14)4-5-13(11)16-10/h4-5,7,10,12H,2-3,6,8,15H2,1H3/t10?,12-/m1/s1. The third-order valence-corrected chi connectivity index (χ3v) is 4.25. The number of thioether (sulfide) groups is 1. The second-order valence-electron chi connectivity index (χ2n) is 4.40. The normalized spacial score (nSPS) is 23.0. The highest BCUT2D eigenvalue weighted by molar-refractivity contribution is 9.10. The molecule has 2 rings (SSSR count). The molecule has 1 aromatic carbocycles. The summed E-state index contributed by atoms with van der Waals surface area (Å²) in [5, 5.41) is 0. The van der Waals surface area contributed by atoms with Crippen molar-refractivity contribution in [1.82, 2.24) is 0 Å². The molecule has 1 aliphatic rings. The molecule has 0 amide bonds. The van der Waals surface area contributed by atoms with Crippen molar-refractivity contribution in [3.05, 3.63) is 28.2 Å². The summed E-state index contributed by atoms with van der Waals surface area (Å²) in [6.07, 6.45) is 5.65. The smallest absolute Gasteiger partial charge is 0.124 e. The number of fused-ring (bicyclic) bond motifs is 1. The summed E-state index contributed by atoms with van der Waals surface area (Å²) in [7, 11) is 0. The lowest BCUT2D eigenvalue weighted by molar-refractivity contribution is 0.149. The molecule has 1 heterocycles. The fraction of sp³-hybridized carbons (Fsp3) is 0.538. The number of ether oxygens (including phenoxy) is 1. The zero-order valence-electron chi connectivity index (χ0n) is 9.99. The highest BCUT2D eigenvalue weighted by Crippen LogP contribution is 2.36. The molecule has 2 N–H and O–H groups in total. The van der Waals surface area contributed by atoms with Gasteiger partial charge in [0.25, 0.3) is 0 Å². The Morgan fingerprint density at radius 3 is 3.12 bits per heavy atom. The third-order valence-electron chi connectivity index (χ3n) is 3.06. The van der Waals surface area contributed by atoms with Crippen LogP contribution in [0.25, 0.3) is 0 Å². The monoisotopic (exact) mass is 315 g/mol. The molecule has 17 heavy (non-hydrogen) atoms. The SMILES string of the molecule is CSCCCC1C[C@@H](N)c2cc(Br)ccc2O1. The van der Waals surface area contributed by atoms with Crippen molar-refractivity contribution in [2.24, 2.45) is 5.73 Å². The van der Waals surface area contributed by atoms with Crippen LogP contribution in [0.3, 0.4) is 0 Å². The summed E-state index contributed by atoms with van der Waals surface area (Å²) >= 11 is 5.36. The van der Waals surface area contributed by atoms with Crippen LogP contribution >= 0.6 is 27.7 Å². The average molecular weight is 316 g/mol. The minimum Gasteiger partial charge on any atom is -0.490 e. The van der Waals surface area contributed by atoms with Gasteiger partial charge in [-0.25, -0.2) is 0 Å². The van der Waals surface area contributed by atoms with Gasteiger partial charge < -0.3 is 10.5 Å². The number of rotatable bonds is 4. The van der Waals surface area contributed by atoms with Gasteiger partial charge >= 0.3 is 0 Å². The minimum atomic E-state index is 0.107. The van der Waals surface area contributed by atoms with Crippen molar-refractivity contribution in [1.29, 1.82) is 0 Å². The molecule has 1 aromatic rings. The van der Waals surface area contributed by atoms with Crippen molar-refractivity contribution in [3.63, 3.8) is 0 Å². The number of nitrogens with two attached hydrogens (primary N) is 1. The Hall–Kier alpha value is -0.190. The van der Waals surface area contributed by atoms with Crippen molar-refractivity contribution >= 4 is 27.7 Å². The second kappa shape index (κ2) is 6.12. The van der Waals surface area contributed by atoms with Gasteiger partial charge in [-0.2, -0.15) is 11.8 Å². The van der Waals surface area contributed by atoms with Gasteiger partial charge in [-0.1, -0.05) is 15.9 Å². The number of hydrogen-bond donors (Lipinski definition) is 1. The molecular formula is C13H18BrNOS. The van der Waals surface area contributed by atoms with Crippen LogP contribution in [-0.2, 0) is 0 Å². The fourth-order valence-corrected chi connectivity index (χ4v) is 3.02. The molecular weight excluding hydrogens is 298 g/mol. The highest BCUT2D eigenvalue weighted by Gasteiger charge is 2.25. The molecule has 0 saturated heterocycles. The fourth-order valence-electron chi connectivity index (χ4n) is 2.19. The van der Waals surface area contributed by atoms with E-state index in [1.807, 2.05) is 23.9 Å². The summed E-state index contributed by atoms with van der Waals surface area (Å²) < 4.78 is 7.06. The first-order valence-electron chi connectivity index (χ1n) is 5.91. The van der Waals surface area contributed by atoms with Crippen LogP contribution in [0.4, 0.5) is 0 Å². The third kappa shape index (κ3) is 3.39. The molecule has 94 valence electrons. The van der Waals surface area contributed by atoms with E-state index < -0.39 is 0 Å². The average Bonchev–Trinajstić information content (AvgIpc) is 2.31. The van der Waals surface area contributed by atoms with E-state index in [4.69, 9.17) is 10.5 Å². The lowest BCUT2D eigenvalue weighted by atomic mass is 9.95. The van der Waals surface area contributed by atoms with Gasteiger partial charge in [0.2, 0.25) is 0 Å². The molecule has 1 aliphatic heterocycles.